The standard InChI is InChI=1S/C19H16N4O7S2/c1-32(29,30)16-5-4-13(10-14(16)23(27)28)17(24)21-7-8-22-18(25)15(31-19(22)26)9-12-3-2-6-20-11-12/h2-6,9-11H,7-8H2,1H3,(H,21,24). The van der Waals surface area contributed by atoms with Crippen molar-refractivity contribution in [3.8, 4) is 0 Å². The summed E-state index contributed by atoms with van der Waals surface area (Å²) in [6.07, 6.45) is 5.49. The maximum Gasteiger partial charge on any atom is 0.293 e. The van der Waals surface area contributed by atoms with Crippen molar-refractivity contribution in [1.29, 1.82) is 0 Å². The predicted molar refractivity (Wildman–Crippen MR) is 115 cm³/mol. The van der Waals surface area contributed by atoms with Crippen LogP contribution in [0, 0.1) is 10.1 Å². The first-order valence-corrected chi connectivity index (χ1v) is 11.7. The number of hydrogen-bond acceptors (Lipinski definition) is 9. The molecule has 0 aliphatic carbocycles. The molecule has 1 aromatic heterocycles. The molecule has 1 N–H and O–H groups in total. The molecule has 2 aromatic rings. The van der Waals surface area contributed by atoms with Gasteiger partial charge in [0, 0.05) is 43.4 Å². The number of nitro benzene ring substituents is 1. The van der Waals surface area contributed by atoms with Gasteiger partial charge in [0.1, 0.15) is 4.90 Å². The molecule has 0 saturated carbocycles. The number of rotatable bonds is 7. The molecule has 1 aromatic carbocycles. The van der Waals surface area contributed by atoms with Crippen LogP contribution < -0.4 is 5.32 Å². The van der Waals surface area contributed by atoms with Crippen LogP contribution in [0.25, 0.3) is 6.08 Å². The van der Waals surface area contributed by atoms with Crippen LogP contribution in [0.2, 0.25) is 0 Å². The van der Waals surface area contributed by atoms with E-state index in [9.17, 15) is 32.9 Å². The average Bonchev–Trinajstić information content (AvgIpc) is 3.00. The fourth-order valence-electron chi connectivity index (χ4n) is 2.80. The number of imide groups is 1. The number of carbonyl (C=O) groups is 3. The van der Waals surface area contributed by atoms with E-state index in [1.165, 1.54) is 0 Å². The van der Waals surface area contributed by atoms with Crippen molar-refractivity contribution in [3.63, 3.8) is 0 Å². The van der Waals surface area contributed by atoms with Crippen LogP contribution in [0.3, 0.4) is 0 Å². The van der Waals surface area contributed by atoms with Crippen molar-refractivity contribution in [2.45, 2.75) is 4.90 Å². The summed E-state index contributed by atoms with van der Waals surface area (Å²) in [5, 5.41) is 13.1. The summed E-state index contributed by atoms with van der Waals surface area (Å²) in [7, 11) is -3.86. The Balaban J connectivity index is 1.65. The van der Waals surface area contributed by atoms with E-state index in [0.717, 1.165) is 41.1 Å². The number of hydrogen-bond donors (Lipinski definition) is 1. The first-order chi connectivity index (χ1) is 15.1. The lowest BCUT2D eigenvalue weighted by atomic mass is 10.2. The molecule has 2 heterocycles. The number of thioether (sulfide) groups is 1. The predicted octanol–water partition coefficient (Wildman–Crippen LogP) is 1.86. The van der Waals surface area contributed by atoms with Crippen LogP contribution in [-0.2, 0) is 14.6 Å². The zero-order valence-corrected chi connectivity index (χ0v) is 18.2. The largest absolute Gasteiger partial charge is 0.350 e. The molecular formula is C19H16N4O7S2. The minimum atomic E-state index is -3.86. The van der Waals surface area contributed by atoms with Crippen LogP contribution >= 0.6 is 11.8 Å². The summed E-state index contributed by atoms with van der Waals surface area (Å²) >= 11 is 0.767. The van der Waals surface area contributed by atoms with E-state index in [2.05, 4.69) is 10.3 Å². The van der Waals surface area contributed by atoms with E-state index in [0.29, 0.717) is 5.56 Å². The SMILES string of the molecule is CS(=O)(=O)c1ccc(C(=O)NCCN2C(=O)SC(=Cc3cccnc3)C2=O)cc1[N+](=O)[O-]. The molecule has 0 spiro atoms. The number of pyridine rings is 1. The second-order valence-electron chi connectivity index (χ2n) is 6.59. The normalized spacial score (nSPS) is 15.3. The number of amides is 3. The van der Waals surface area contributed by atoms with Gasteiger partial charge in [-0.05, 0) is 41.6 Å². The topological polar surface area (TPSA) is 157 Å². The lowest BCUT2D eigenvalue weighted by Crippen LogP contribution is -2.37. The van der Waals surface area contributed by atoms with Gasteiger partial charge in [-0.25, -0.2) is 8.42 Å². The number of nitrogens with zero attached hydrogens (tertiary/aromatic N) is 3. The van der Waals surface area contributed by atoms with E-state index in [4.69, 9.17) is 0 Å². The molecule has 0 bridgehead atoms. The molecule has 1 fully saturated rings. The molecule has 13 heteroatoms. The second kappa shape index (κ2) is 9.28. The fourth-order valence-corrected chi connectivity index (χ4v) is 4.50. The summed E-state index contributed by atoms with van der Waals surface area (Å²) in [6.45, 7) is -0.205. The lowest BCUT2D eigenvalue weighted by Gasteiger charge is -2.13. The molecule has 1 aliphatic heterocycles. The summed E-state index contributed by atoms with van der Waals surface area (Å²) in [4.78, 5) is 51.9. The quantitative estimate of drug-likeness (QED) is 0.358. The van der Waals surface area contributed by atoms with Crippen LogP contribution in [0.5, 0.6) is 0 Å². The Kier molecular flexibility index (Phi) is 6.69. The summed E-state index contributed by atoms with van der Waals surface area (Å²) in [5.74, 6) is -1.22. The third-order valence-corrected chi connectivity index (χ3v) is 6.35. The molecule has 3 amide bonds. The van der Waals surface area contributed by atoms with Gasteiger partial charge in [0.05, 0.1) is 9.83 Å². The first kappa shape index (κ1) is 23.1. The number of nitro groups is 1. The number of nitrogens with one attached hydrogen (secondary N) is 1. The molecular weight excluding hydrogens is 460 g/mol. The highest BCUT2D eigenvalue weighted by atomic mass is 32.2. The maximum atomic E-state index is 12.5. The third kappa shape index (κ3) is 5.18. The second-order valence-corrected chi connectivity index (χ2v) is 9.56. The number of sulfone groups is 1. The molecule has 1 saturated heterocycles. The van der Waals surface area contributed by atoms with Gasteiger partial charge < -0.3 is 5.32 Å². The number of carbonyl (C=O) groups excluding carboxylic acids is 3. The zero-order chi connectivity index (χ0) is 23.5. The molecule has 1 aliphatic rings. The fraction of sp³-hybridized carbons (Fsp3) is 0.158. The Hall–Kier alpha value is -3.58. The highest BCUT2D eigenvalue weighted by Crippen LogP contribution is 2.31. The van der Waals surface area contributed by atoms with Gasteiger partial charge in [0.2, 0.25) is 0 Å². The average molecular weight is 476 g/mol. The van der Waals surface area contributed by atoms with Crippen molar-refractivity contribution in [3.05, 3.63) is 68.9 Å². The smallest absolute Gasteiger partial charge is 0.293 e. The van der Waals surface area contributed by atoms with E-state index < -0.39 is 42.4 Å². The van der Waals surface area contributed by atoms with Crippen LogP contribution in [0.1, 0.15) is 15.9 Å². The highest BCUT2D eigenvalue weighted by Gasteiger charge is 2.34. The molecule has 0 unspecified atom stereocenters. The van der Waals surface area contributed by atoms with Crippen molar-refractivity contribution >= 4 is 50.4 Å². The summed E-state index contributed by atoms with van der Waals surface area (Å²) in [6, 6.07) is 6.42. The van der Waals surface area contributed by atoms with E-state index in [1.54, 1.807) is 30.6 Å². The van der Waals surface area contributed by atoms with E-state index >= 15 is 0 Å². The van der Waals surface area contributed by atoms with Gasteiger partial charge >= 0.3 is 0 Å². The highest BCUT2D eigenvalue weighted by molar-refractivity contribution is 8.18. The summed E-state index contributed by atoms with van der Waals surface area (Å²) in [5.41, 5.74) is -0.188. The van der Waals surface area contributed by atoms with Crippen molar-refractivity contribution in [2.24, 2.45) is 0 Å². The number of aromatic nitrogens is 1. The molecule has 166 valence electrons. The van der Waals surface area contributed by atoms with Crippen LogP contribution in [-0.4, -0.2) is 59.6 Å². The minimum Gasteiger partial charge on any atom is -0.350 e. The van der Waals surface area contributed by atoms with Gasteiger partial charge in [-0.3, -0.25) is 34.4 Å². The Bertz CT molecular complexity index is 1240. The van der Waals surface area contributed by atoms with Crippen molar-refractivity contribution in [1.82, 2.24) is 15.2 Å². The Morgan fingerprint density at radius 2 is 2.06 bits per heavy atom. The maximum absolute atomic E-state index is 12.5. The van der Waals surface area contributed by atoms with Gasteiger partial charge in [0.25, 0.3) is 22.7 Å². The third-order valence-electron chi connectivity index (χ3n) is 4.29. The van der Waals surface area contributed by atoms with Gasteiger partial charge in [0.15, 0.2) is 9.84 Å². The Morgan fingerprint density at radius 1 is 1.31 bits per heavy atom. The Morgan fingerprint density at radius 3 is 2.69 bits per heavy atom. The Labute approximate surface area is 186 Å². The molecule has 11 nitrogen and oxygen atoms in total. The van der Waals surface area contributed by atoms with Crippen LogP contribution in [0.15, 0.2) is 52.5 Å². The molecule has 0 radical (unpaired) electrons. The monoisotopic (exact) mass is 476 g/mol. The van der Waals surface area contributed by atoms with E-state index in [-0.39, 0.29) is 23.6 Å². The minimum absolute atomic E-state index is 0.0985. The van der Waals surface area contributed by atoms with E-state index in [1.807, 2.05) is 0 Å². The van der Waals surface area contributed by atoms with Crippen molar-refractivity contribution < 1.29 is 27.7 Å². The molecule has 3 rings (SSSR count). The summed E-state index contributed by atoms with van der Waals surface area (Å²) < 4.78 is 23.4. The first-order valence-electron chi connectivity index (χ1n) is 9.00. The zero-order valence-electron chi connectivity index (χ0n) is 16.5. The van der Waals surface area contributed by atoms with Gasteiger partial charge in [-0.15, -0.1) is 0 Å². The van der Waals surface area contributed by atoms with Crippen molar-refractivity contribution in [2.75, 3.05) is 19.3 Å². The molecule has 32 heavy (non-hydrogen) atoms. The van der Waals surface area contributed by atoms with Crippen LogP contribution in [0.4, 0.5) is 10.5 Å². The number of benzene rings is 1. The van der Waals surface area contributed by atoms with Gasteiger partial charge in [-0.1, -0.05) is 6.07 Å². The lowest BCUT2D eigenvalue weighted by molar-refractivity contribution is -0.387. The molecule has 0 atom stereocenters. The van der Waals surface area contributed by atoms with Gasteiger partial charge in [-0.2, -0.15) is 0 Å².